The lowest BCUT2D eigenvalue weighted by molar-refractivity contribution is -0.119. The minimum Gasteiger partial charge on any atom is -0.494 e. The minimum absolute atomic E-state index is 0.151. The lowest BCUT2D eigenvalue weighted by Crippen LogP contribution is -2.13. The molecule has 1 aromatic rings. The molecular formula is C13H17NO2. The molecule has 2 rings (SSSR count). The number of hydrogen-bond acceptors (Lipinski definition) is 2. The number of carbonyl (C=O) groups is 1. The van der Waals surface area contributed by atoms with Crippen molar-refractivity contribution < 1.29 is 9.53 Å². The SMILES string of the molecule is CCOc1ccc(C2CNC(=O)C2)c(C)c1. The topological polar surface area (TPSA) is 38.3 Å². The molecule has 1 saturated heterocycles. The molecule has 86 valence electrons. The van der Waals surface area contributed by atoms with Crippen molar-refractivity contribution in [2.75, 3.05) is 13.2 Å². The predicted octanol–water partition coefficient (Wildman–Crippen LogP) is 2.00. The second kappa shape index (κ2) is 4.56. The van der Waals surface area contributed by atoms with Gasteiger partial charge in [-0.05, 0) is 37.1 Å². The Balaban J connectivity index is 2.19. The molecule has 1 aromatic carbocycles. The van der Waals surface area contributed by atoms with Crippen LogP contribution in [0, 0.1) is 6.92 Å². The third-order valence-corrected chi connectivity index (χ3v) is 2.97. The van der Waals surface area contributed by atoms with Gasteiger partial charge in [0.15, 0.2) is 0 Å². The predicted molar refractivity (Wildman–Crippen MR) is 62.7 cm³/mol. The average molecular weight is 219 g/mol. The Bertz CT molecular complexity index is 401. The van der Waals surface area contributed by atoms with Crippen molar-refractivity contribution in [3.05, 3.63) is 29.3 Å². The fourth-order valence-electron chi connectivity index (χ4n) is 2.19. The van der Waals surface area contributed by atoms with Gasteiger partial charge in [0.05, 0.1) is 6.61 Å². The van der Waals surface area contributed by atoms with E-state index in [0.717, 1.165) is 12.3 Å². The van der Waals surface area contributed by atoms with Crippen molar-refractivity contribution in [2.24, 2.45) is 0 Å². The largest absolute Gasteiger partial charge is 0.494 e. The summed E-state index contributed by atoms with van der Waals surface area (Å²) in [6, 6.07) is 6.10. The van der Waals surface area contributed by atoms with Gasteiger partial charge in [-0.2, -0.15) is 0 Å². The molecule has 1 atom stereocenters. The van der Waals surface area contributed by atoms with Crippen molar-refractivity contribution in [1.29, 1.82) is 0 Å². The fraction of sp³-hybridized carbons (Fsp3) is 0.462. The Hall–Kier alpha value is -1.51. The van der Waals surface area contributed by atoms with Gasteiger partial charge in [-0.3, -0.25) is 4.79 Å². The first-order valence-corrected chi connectivity index (χ1v) is 5.70. The van der Waals surface area contributed by atoms with Crippen molar-refractivity contribution in [2.45, 2.75) is 26.2 Å². The van der Waals surface area contributed by atoms with Gasteiger partial charge in [-0.15, -0.1) is 0 Å². The number of benzene rings is 1. The molecule has 1 unspecified atom stereocenters. The molecule has 3 heteroatoms. The number of aryl methyl sites for hydroxylation is 1. The summed E-state index contributed by atoms with van der Waals surface area (Å²) < 4.78 is 5.44. The van der Waals surface area contributed by atoms with E-state index in [1.54, 1.807) is 0 Å². The average Bonchev–Trinajstić information content (AvgIpc) is 2.65. The number of ether oxygens (including phenoxy) is 1. The number of rotatable bonds is 3. The van der Waals surface area contributed by atoms with Crippen LogP contribution in [0.1, 0.15) is 30.4 Å². The van der Waals surface area contributed by atoms with E-state index < -0.39 is 0 Å². The van der Waals surface area contributed by atoms with Gasteiger partial charge in [0.2, 0.25) is 5.91 Å². The summed E-state index contributed by atoms with van der Waals surface area (Å²) in [6.45, 7) is 5.49. The maximum absolute atomic E-state index is 11.2. The Morgan fingerprint density at radius 3 is 2.88 bits per heavy atom. The van der Waals surface area contributed by atoms with E-state index in [0.29, 0.717) is 18.9 Å². The van der Waals surface area contributed by atoms with Crippen LogP contribution in [0.2, 0.25) is 0 Å². The molecule has 0 aromatic heterocycles. The Morgan fingerprint density at radius 1 is 1.50 bits per heavy atom. The highest BCUT2D eigenvalue weighted by Crippen LogP contribution is 2.28. The maximum Gasteiger partial charge on any atom is 0.220 e. The van der Waals surface area contributed by atoms with Crippen molar-refractivity contribution in [3.63, 3.8) is 0 Å². The molecule has 1 N–H and O–H groups in total. The van der Waals surface area contributed by atoms with E-state index >= 15 is 0 Å². The summed E-state index contributed by atoms with van der Waals surface area (Å²) in [7, 11) is 0. The zero-order chi connectivity index (χ0) is 11.5. The third kappa shape index (κ3) is 2.18. The highest BCUT2D eigenvalue weighted by Gasteiger charge is 2.24. The molecule has 3 nitrogen and oxygen atoms in total. The number of amides is 1. The van der Waals surface area contributed by atoms with Gasteiger partial charge in [-0.1, -0.05) is 6.07 Å². The number of hydrogen-bond donors (Lipinski definition) is 1. The summed E-state index contributed by atoms with van der Waals surface area (Å²) in [5.74, 6) is 1.38. The zero-order valence-corrected chi connectivity index (χ0v) is 9.75. The molecule has 0 bridgehead atoms. The minimum atomic E-state index is 0.151. The van der Waals surface area contributed by atoms with Crippen LogP contribution in [0.3, 0.4) is 0 Å². The van der Waals surface area contributed by atoms with Gasteiger partial charge in [0.25, 0.3) is 0 Å². The van der Waals surface area contributed by atoms with Gasteiger partial charge < -0.3 is 10.1 Å². The van der Waals surface area contributed by atoms with Crippen LogP contribution in [0.15, 0.2) is 18.2 Å². The third-order valence-electron chi connectivity index (χ3n) is 2.97. The molecule has 1 aliphatic rings. The second-order valence-corrected chi connectivity index (χ2v) is 4.16. The van der Waals surface area contributed by atoms with E-state index in [9.17, 15) is 4.79 Å². The lowest BCUT2D eigenvalue weighted by Gasteiger charge is -2.13. The Labute approximate surface area is 95.8 Å². The molecule has 1 aliphatic heterocycles. The van der Waals surface area contributed by atoms with E-state index in [-0.39, 0.29) is 5.91 Å². The van der Waals surface area contributed by atoms with Crippen LogP contribution in [-0.4, -0.2) is 19.1 Å². The summed E-state index contributed by atoms with van der Waals surface area (Å²) >= 11 is 0. The van der Waals surface area contributed by atoms with Crippen LogP contribution in [0.25, 0.3) is 0 Å². The van der Waals surface area contributed by atoms with E-state index in [1.807, 2.05) is 19.1 Å². The van der Waals surface area contributed by atoms with Crippen LogP contribution < -0.4 is 10.1 Å². The standard InChI is InChI=1S/C13H17NO2/c1-3-16-11-4-5-12(9(2)6-11)10-7-13(15)14-8-10/h4-6,10H,3,7-8H2,1-2H3,(H,14,15). The van der Waals surface area contributed by atoms with E-state index in [1.165, 1.54) is 11.1 Å². The van der Waals surface area contributed by atoms with Gasteiger partial charge in [-0.25, -0.2) is 0 Å². The quantitative estimate of drug-likeness (QED) is 0.844. The molecule has 0 saturated carbocycles. The van der Waals surface area contributed by atoms with Gasteiger partial charge in [0.1, 0.15) is 5.75 Å². The molecule has 16 heavy (non-hydrogen) atoms. The molecule has 1 fully saturated rings. The maximum atomic E-state index is 11.2. The fourth-order valence-corrected chi connectivity index (χ4v) is 2.19. The highest BCUT2D eigenvalue weighted by molar-refractivity contribution is 5.79. The first-order valence-electron chi connectivity index (χ1n) is 5.70. The Kier molecular flexibility index (Phi) is 3.13. The first-order chi connectivity index (χ1) is 7.70. The van der Waals surface area contributed by atoms with Crippen LogP contribution in [0.4, 0.5) is 0 Å². The number of nitrogens with one attached hydrogen (secondary N) is 1. The lowest BCUT2D eigenvalue weighted by atomic mass is 9.94. The molecular weight excluding hydrogens is 202 g/mol. The van der Waals surface area contributed by atoms with E-state index in [2.05, 4.69) is 18.3 Å². The molecule has 0 spiro atoms. The summed E-state index contributed by atoms with van der Waals surface area (Å²) in [5, 5.41) is 2.86. The van der Waals surface area contributed by atoms with Gasteiger partial charge in [0, 0.05) is 18.9 Å². The summed E-state index contributed by atoms with van der Waals surface area (Å²) in [4.78, 5) is 11.2. The van der Waals surface area contributed by atoms with Crippen LogP contribution >= 0.6 is 0 Å². The van der Waals surface area contributed by atoms with Crippen molar-refractivity contribution in [3.8, 4) is 5.75 Å². The van der Waals surface area contributed by atoms with E-state index in [4.69, 9.17) is 4.74 Å². The summed E-state index contributed by atoms with van der Waals surface area (Å²) in [6.07, 6.45) is 0.606. The second-order valence-electron chi connectivity index (χ2n) is 4.16. The first kappa shape index (κ1) is 11.0. The molecule has 0 aliphatic carbocycles. The Morgan fingerprint density at radius 2 is 2.31 bits per heavy atom. The van der Waals surface area contributed by atoms with Gasteiger partial charge >= 0.3 is 0 Å². The smallest absolute Gasteiger partial charge is 0.220 e. The van der Waals surface area contributed by atoms with Crippen molar-refractivity contribution >= 4 is 5.91 Å². The summed E-state index contributed by atoms with van der Waals surface area (Å²) in [5.41, 5.74) is 2.45. The molecule has 1 amide bonds. The number of carbonyl (C=O) groups excluding carboxylic acids is 1. The van der Waals surface area contributed by atoms with Crippen LogP contribution in [-0.2, 0) is 4.79 Å². The highest BCUT2D eigenvalue weighted by atomic mass is 16.5. The monoisotopic (exact) mass is 219 g/mol. The molecule has 1 heterocycles. The molecule has 0 radical (unpaired) electrons. The normalized spacial score (nSPS) is 19.6. The van der Waals surface area contributed by atoms with Crippen molar-refractivity contribution in [1.82, 2.24) is 5.32 Å². The zero-order valence-electron chi connectivity index (χ0n) is 9.75. The van der Waals surface area contributed by atoms with Crippen LogP contribution in [0.5, 0.6) is 5.75 Å².